The summed E-state index contributed by atoms with van der Waals surface area (Å²) >= 11 is 0. The van der Waals surface area contributed by atoms with E-state index in [-0.39, 0.29) is 5.91 Å². The molecule has 4 aliphatic rings. The van der Waals surface area contributed by atoms with E-state index in [0.29, 0.717) is 29.2 Å². The highest BCUT2D eigenvalue weighted by Crippen LogP contribution is 2.53. The first-order valence-electron chi connectivity index (χ1n) is 8.60. The van der Waals surface area contributed by atoms with Gasteiger partial charge in [-0.25, -0.2) is 0 Å². The van der Waals surface area contributed by atoms with E-state index in [9.17, 15) is 4.79 Å². The Morgan fingerprint density at radius 1 is 1.09 bits per heavy atom. The first-order chi connectivity index (χ1) is 10.7. The standard InChI is InChI=1S/C19H25NO2/c1-11-4-3-5-16(18(11)22-2)19(21)20-17-14-7-12-6-13(9-14)10-15(17)8-12/h3-5,12-15,17H,6-10H2,1-2H3,(H,20,21). The van der Waals surface area contributed by atoms with Crippen molar-refractivity contribution in [3.63, 3.8) is 0 Å². The van der Waals surface area contributed by atoms with Crippen molar-refractivity contribution in [2.45, 2.75) is 45.1 Å². The van der Waals surface area contributed by atoms with Gasteiger partial charge in [0.25, 0.3) is 5.91 Å². The van der Waals surface area contributed by atoms with Crippen LogP contribution in [-0.2, 0) is 0 Å². The smallest absolute Gasteiger partial charge is 0.255 e. The van der Waals surface area contributed by atoms with Gasteiger partial charge in [0, 0.05) is 6.04 Å². The lowest BCUT2D eigenvalue weighted by Gasteiger charge is -2.54. The van der Waals surface area contributed by atoms with E-state index in [0.717, 1.165) is 17.4 Å². The van der Waals surface area contributed by atoms with Crippen LogP contribution in [-0.4, -0.2) is 19.1 Å². The molecule has 3 heteroatoms. The van der Waals surface area contributed by atoms with Crippen molar-refractivity contribution in [3.05, 3.63) is 29.3 Å². The molecule has 0 saturated heterocycles. The normalized spacial score (nSPS) is 35.5. The van der Waals surface area contributed by atoms with E-state index < -0.39 is 0 Å². The molecule has 4 bridgehead atoms. The second-order valence-corrected chi connectivity index (χ2v) is 7.59. The van der Waals surface area contributed by atoms with Crippen LogP contribution in [0.2, 0.25) is 0 Å². The summed E-state index contributed by atoms with van der Waals surface area (Å²) in [5.41, 5.74) is 1.69. The number of rotatable bonds is 3. The van der Waals surface area contributed by atoms with Gasteiger partial charge in [-0.3, -0.25) is 4.79 Å². The van der Waals surface area contributed by atoms with Crippen molar-refractivity contribution in [2.24, 2.45) is 23.7 Å². The van der Waals surface area contributed by atoms with Crippen molar-refractivity contribution in [2.75, 3.05) is 7.11 Å². The Morgan fingerprint density at radius 3 is 2.32 bits per heavy atom. The van der Waals surface area contributed by atoms with Crippen LogP contribution in [0.3, 0.4) is 0 Å². The number of hydrogen-bond donors (Lipinski definition) is 1. The molecule has 0 heterocycles. The number of benzene rings is 1. The molecule has 0 aromatic heterocycles. The SMILES string of the molecule is COc1c(C)cccc1C(=O)NC1C2CC3CC(C2)CC1C3. The zero-order chi connectivity index (χ0) is 15.3. The summed E-state index contributed by atoms with van der Waals surface area (Å²) in [5, 5.41) is 3.36. The molecule has 4 fully saturated rings. The van der Waals surface area contributed by atoms with Crippen LogP contribution in [0, 0.1) is 30.6 Å². The Kier molecular flexibility index (Phi) is 3.39. The molecule has 5 rings (SSSR count). The van der Waals surface area contributed by atoms with Crippen LogP contribution in [0.5, 0.6) is 5.75 Å². The summed E-state index contributed by atoms with van der Waals surface area (Å²) < 4.78 is 5.44. The van der Waals surface area contributed by atoms with Gasteiger partial charge in [-0.2, -0.15) is 0 Å². The third kappa shape index (κ3) is 2.22. The molecule has 1 aromatic rings. The number of ether oxygens (including phenoxy) is 1. The van der Waals surface area contributed by atoms with Crippen molar-refractivity contribution < 1.29 is 9.53 Å². The average Bonchev–Trinajstić information content (AvgIpc) is 2.49. The van der Waals surface area contributed by atoms with Crippen LogP contribution in [0.25, 0.3) is 0 Å². The molecule has 1 amide bonds. The Hall–Kier alpha value is -1.51. The fourth-order valence-corrected chi connectivity index (χ4v) is 5.49. The van der Waals surface area contributed by atoms with Crippen LogP contribution < -0.4 is 10.1 Å². The number of carbonyl (C=O) groups excluding carboxylic acids is 1. The third-order valence-electron chi connectivity index (χ3n) is 6.19. The fraction of sp³-hybridized carbons (Fsp3) is 0.632. The second-order valence-electron chi connectivity index (χ2n) is 7.59. The first kappa shape index (κ1) is 14.1. The maximum absolute atomic E-state index is 12.8. The fourth-order valence-electron chi connectivity index (χ4n) is 5.49. The number of hydrogen-bond acceptors (Lipinski definition) is 2. The molecule has 1 N–H and O–H groups in total. The van der Waals surface area contributed by atoms with E-state index in [1.165, 1.54) is 32.1 Å². The van der Waals surface area contributed by atoms with E-state index >= 15 is 0 Å². The Morgan fingerprint density at radius 2 is 1.73 bits per heavy atom. The highest BCUT2D eigenvalue weighted by molar-refractivity contribution is 5.97. The Labute approximate surface area is 132 Å². The summed E-state index contributed by atoms with van der Waals surface area (Å²) in [6.07, 6.45) is 6.73. The molecule has 1 aromatic carbocycles. The molecule has 0 atom stereocenters. The largest absolute Gasteiger partial charge is 0.496 e. The van der Waals surface area contributed by atoms with Crippen molar-refractivity contribution in [1.29, 1.82) is 0 Å². The van der Waals surface area contributed by atoms with Crippen molar-refractivity contribution >= 4 is 5.91 Å². The molecule has 118 valence electrons. The number of carbonyl (C=O) groups is 1. The average molecular weight is 299 g/mol. The zero-order valence-corrected chi connectivity index (χ0v) is 13.5. The van der Waals surface area contributed by atoms with Gasteiger partial charge in [0.2, 0.25) is 0 Å². The highest BCUT2D eigenvalue weighted by atomic mass is 16.5. The number of amides is 1. The Balaban J connectivity index is 1.54. The highest BCUT2D eigenvalue weighted by Gasteiger charge is 2.48. The van der Waals surface area contributed by atoms with Gasteiger partial charge in [0.15, 0.2) is 0 Å². The van der Waals surface area contributed by atoms with Crippen LogP contribution >= 0.6 is 0 Å². The molecule has 0 unspecified atom stereocenters. The minimum Gasteiger partial charge on any atom is -0.496 e. The van der Waals surface area contributed by atoms with Crippen LogP contribution in [0.1, 0.15) is 48.0 Å². The molecule has 0 spiro atoms. The molecule has 4 saturated carbocycles. The topological polar surface area (TPSA) is 38.3 Å². The third-order valence-corrected chi connectivity index (χ3v) is 6.19. The maximum atomic E-state index is 12.8. The number of para-hydroxylation sites is 1. The van der Waals surface area contributed by atoms with E-state index in [1.54, 1.807) is 7.11 Å². The lowest BCUT2D eigenvalue weighted by molar-refractivity contribution is -0.0119. The van der Waals surface area contributed by atoms with Crippen LogP contribution in [0.15, 0.2) is 18.2 Å². The summed E-state index contributed by atoms with van der Waals surface area (Å²) in [4.78, 5) is 12.8. The number of nitrogens with one attached hydrogen (secondary N) is 1. The Bertz CT molecular complexity index is 567. The quantitative estimate of drug-likeness (QED) is 0.927. The number of methoxy groups -OCH3 is 1. The molecule has 4 aliphatic carbocycles. The van der Waals surface area contributed by atoms with E-state index in [1.807, 2.05) is 25.1 Å². The van der Waals surface area contributed by atoms with Gasteiger partial charge in [0.1, 0.15) is 5.75 Å². The lowest BCUT2D eigenvalue weighted by Crippen LogP contribution is -2.55. The molecule has 0 radical (unpaired) electrons. The van der Waals surface area contributed by atoms with E-state index in [4.69, 9.17) is 4.74 Å². The summed E-state index contributed by atoms with van der Waals surface area (Å²) in [7, 11) is 1.64. The van der Waals surface area contributed by atoms with Crippen molar-refractivity contribution in [1.82, 2.24) is 5.32 Å². The molecular formula is C19H25NO2. The molecule has 3 nitrogen and oxygen atoms in total. The molecule has 0 aliphatic heterocycles. The predicted molar refractivity (Wildman–Crippen MR) is 86.0 cm³/mol. The second kappa shape index (κ2) is 5.29. The van der Waals surface area contributed by atoms with Crippen LogP contribution in [0.4, 0.5) is 0 Å². The minimum absolute atomic E-state index is 0.0398. The van der Waals surface area contributed by atoms with Gasteiger partial charge in [-0.05, 0) is 74.3 Å². The van der Waals surface area contributed by atoms with Gasteiger partial charge < -0.3 is 10.1 Å². The molecular weight excluding hydrogens is 274 g/mol. The van der Waals surface area contributed by atoms with Gasteiger partial charge in [0.05, 0.1) is 12.7 Å². The predicted octanol–water partition coefficient (Wildman–Crippen LogP) is 3.56. The monoisotopic (exact) mass is 299 g/mol. The summed E-state index contributed by atoms with van der Waals surface area (Å²) in [6, 6.07) is 6.17. The van der Waals surface area contributed by atoms with Gasteiger partial charge in [-0.1, -0.05) is 12.1 Å². The zero-order valence-electron chi connectivity index (χ0n) is 13.5. The van der Waals surface area contributed by atoms with Crippen molar-refractivity contribution in [3.8, 4) is 5.75 Å². The lowest BCUT2D eigenvalue weighted by atomic mass is 9.54. The van der Waals surface area contributed by atoms with Gasteiger partial charge in [-0.15, -0.1) is 0 Å². The minimum atomic E-state index is 0.0398. The van der Waals surface area contributed by atoms with E-state index in [2.05, 4.69) is 5.32 Å². The molecule has 22 heavy (non-hydrogen) atoms. The van der Waals surface area contributed by atoms with Gasteiger partial charge >= 0.3 is 0 Å². The first-order valence-corrected chi connectivity index (χ1v) is 8.60. The number of aryl methyl sites for hydroxylation is 1. The maximum Gasteiger partial charge on any atom is 0.255 e. The summed E-state index contributed by atoms with van der Waals surface area (Å²) in [5.74, 6) is 4.03. The summed E-state index contributed by atoms with van der Waals surface area (Å²) in [6.45, 7) is 1.98.